The molecule has 6 amide bonds. The number of benzene rings is 2. The zero-order valence-corrected chi connectivity index (χ0v) is 67.4. The van der Waals surface area contributed by atoms with Gasteiger partial charge in [0, 0.05) is 109 Å². The fourth-order valence-corrected chi connectivity index (χ4v) is 13.4. The first-order valence-electron chi connectivity index (χ1n) is 38.0. The Morgan fingerprint density at radius 1 is 0.517 bits per heavy atom. The SMILES string of the molecule is C.C.CC(C)(C)OC(=O)N[C@H]1CN(C(=O)OCc2ccccc2)C[C@H]1O.CC(C)(C)OC(=O)N[C@H]1CNC[C@H]1O.COc1ccc2nccc(CCN3CC(NC(=O)OC(C)(C)C)[C@H](O)C3)c2n1.COc1ccc2nccc(CCN3C[C@@H](O)[C@@H](NCc4ccc5c(n4)NC(=O)CS5)C3)c2n1.O=C(OCc1ccccc1)N1CC=CC1. The summed E-state index contributed by atoms with van der Waals surface area (Å²) in [6, 6.07) is 33.1. The van der Waals surface area contributed by atoms with Crippen molar-refractivity contribution in [3.8, 4) is 11.8 Å². The minimum absolute atomic E-state index is 0. The van der Waals surface area contributed by atoms with Crippen LogP contribution in [0.2, 0.25) is 0 Å². The van der Waals surface area contributed by atoms with E-state index in [0.717, 1.165) is 87.4 Å². The van der Waals surface area contributed by atoms with Crippen LogP contribution in [-0.2, 0) is 61.1 Å². The molecule has 8 atom stereocenters. The summed E-state index contributed by atoms with van der Waals surface area (Å²) < 4.78 is 36.4. The van der Waals surface area contributed by atoms with Gasteiger partial charge in [0.1, 0.15) is 35.8 Å². The number of aliphatic hydroxyl groups is 4. The van der Waals surface area contributed by atoms with Gasteiger partial charge in [-0.25, -0.2) is 38.9 Å². The highest BCUT2D eigenvalue weighted by atomic mass is 32.2. The molecule has 1 unspecified atom stereocenters. The number of thioether (sulfide) groups is 1. The second-order valence-electron chi connectivity index (χ2n) is 30.9. The quantitative estimate of drug-likeness (QED) is 0.0284. The molecule has 0 radical (unpaired) electrons. The Kier molecular flexibility index (Phi) is 35.5. The first kappa shape index (κ1) is 93.1. The van der Waals surface area contributed by atoms with Gasteiger partial charge < -0.3 is 95.3 Å². The van der Waals surface area contributed by atoms with Crippen LogP contribution in [0.5, 0.6) is 11.8 Å². The maximum Gasteiger partial charge on any atom is 0.410 e. The van der Waals surface area contributed by atoms with Crippen LogP contribution in [0.3, 0.4) is 0 Å². The van der Waals surface area contributed by atoms with E-state index in [-0.39, 0.29) is 64.7 Å². The number of alkyl carbamates (subject to hydrolysis) is 3. The zero-order valence-electron chi connectivity index (χ0n) is 66.6. The lowest BCUT2D eigenvalue weighted by Crippen LogP contribution is -2.45. The number of ether oxygens (including phenoxy) is 7. The lowest BCUT2D eigenvalue weighted by molar-refractivity contribution is -0.114. The van der Waals surface area contributed by atoms with Gasteiger partial charge in [-0.1, -0.05) is 87.7 Å². The summed E-state index contributed by atoms with van der Waals surface area (Å²) in [6.45, 7) is 23.8. The molecule has 4 saturated heterocycles. The zero-order chi connectivity index (χ0) is 82.1. The molecule has 7 aromatic rings. The molecule has 116 heavy (non-hydrogen) atoms. The van der Waals surface area contributed by atoms with Crippen molar-refractivity contribution in [3.63, 3.8) is 0 Å². The van der Waals surface area contributed by atoms with Gasteiger partial charge >= 0.3 is 30.5 Å². The molecule has 11 heterocycles. The molecule has 13 rings (SSSR count). The first-order valence-corrected chi connectivity index (χ1v) is 39.0. The Morgan fingerprint density at radius 3 is 1.45 bits per heavy atom. The van der Waals surface area contributed by atoms with Gasteiger partial charge in [0.2, 0.25) is 17.7 Å². The van der Waals surface area contributed by atoms with Gasteiger partial charge in [0.15, 0.2) is 0 Å². The molecular formula is C83H117N15O17S. The van der Waals surface area contributed by atoms with Gasteiger partial charge in [-0.15, -0.1) is 11.8 Å². The summed E-state index contributed by atoms with van der Waals surface area (Å²) in [5.41, 5.74) is 6.58. The number of carbonyl (C=O) groups is 6. The molecule has 0 bridgehead atoms. The van der Waals surface area contributed by atoms with Crippen LogP contribution in [0.15, 0.2) is 139 Å². The van der Waals surface area contributed by atoms with E-state index in [2.05, 4.69) is 66.6 Å². The average molecular weight is 1630 g/mol. The summed E-state index contributed by atoms with van der Waals surface area (Å²) in [5, 5.41) is 57.5. The summed E-state index contributed by atoms with van der Waals surface area (Å²) in [6.07, 6.45) is 4.23. The third-order valence-corrected chi connectivity index (χ3v) is 19.3. The van der Waals surface area contributed by atoms with Gasteiger partial charge in [0.25, 0.3) is 0 Å². The second kappa shape index (κ2) is 44.3. The number of likely N-dealkylation sites (tertiary alicyclic amines) is 3. The Hall–Kier alpha value is -10.1. The topological polar surface area (TPSA) is 398 Å². The van der Waals surface area contributed by atoms with Crippen molar-refractivity contribution in [1.29, 1.82) is 0 Å². The molecule has 0 saturated carbocycles. The third kappa shape index (κ3) is 30.2. The number of nitrogens with zero attached hydrogens (tertiary/aromatic N) is 9. The standard InChI is InChI=1S/C23H26N6O3S.C20H28N4O4.C17H24N2O5.C12H13NO2.C9H18N2O3.2CH4/c1-32-21-5-3-16-22(28-21)14(6-8-24-16)7-9-29-11-17(18(30)12-29)25-10-15-2-4-19-23(26-15)27-20(31)13-33-19;1-20(2,3)28-19(26)22-15-11-24(12-16(15)25)10-8-13-7-9-21-14-5-6-17(27-4)23-18(13)14;1-17(2,3)24-15(21)18-13-9-19(10-14(13)20)16(22)23-11-12-7-5-4-6-8-12;14-12(13-8-4-5-9-13)15-10-11-6-2-1-3-7-11;1-9(2,3)14-8(13)11-6-4-10-5-7(6)12;;/h2-6,8,17-18,25,30H,7,9-13H2,1H3,(H,26,27,31);5-7,9,15-16,25H,8,10-12H2,1-4H3,(H,22,26);4-8,13-14,20H,9-11H2,1-3H3,(H,18,21);1-7H,8-10H2;6-7,10,12H,4-5H2,1-3H3,(H,11,13);2*1H4/t17-,18+;15?,16-;13-,14+;;6-,7+;;/m010.0../s1. The van der Waals surface area contributed by atoms with E-state index in [4.69, 9.17) is 33.2 Å². The summed E-state index contributed by atoms with van der Waals surface area (Å²) in [4.78, 5) is 101. The minimum Gasteiger partial charge on any atom is -0.481 e. The van der Waals surface area contributed by atoms with E-state index in [1.807, 2.05) is 142 Å². The van der Waals surface area contributed by atoms with Crippen LogP contribution < -0.4 is 41.4 Å². The van der Waals surface area contributed by atoms with Crippen molar-refractivity contribution in [2.24, 2.45) is 0 Å². The summed E-state index contributed by atoms with van der Waals surface area (Å²) in [7, 11) is 3.20. The number of hydrogen-bond acceptors (Lipinski definition) is 27. The van der Waals surface area contributed by atoms with Crippen LogP contribution in [-0.4, -0.2) is 265 Å². The van der Waals surface area contributed by atoms with Crippen molar-refractivity contribution in [2.75, 3.05) is 104 Å². The smallest absolute Gasteiger partial charge is 0.410 e. The Balaban J connectivity index is 0.000000207. The normalized spacial score (nSPS) is 20.2. The first-order chi connectivity index (χ1) is 54.3. The predicted octanol–water partition coefficient (Wildman–Crippen LogP) is 8.41. The number of aromatic nitrogens is 5. The van der Waals surface area contributed by atoms with Crippen LogP contribution in [0.1, 0.15) is 105 Å². The van der Waals surface area contributed by atoms with Crippen molar-refractivity contribution in [2.45, 2.75) is 180 Å². The fraction of sp³-hybridized carbons (Fsp3) is 0.506. The number of rotatable bonds is 18. The number of fused-ring (bicyclic) bond motifs is 3. The highest BCUT2D eigenvalue weighted by Gasteiger charge is 2.38. The van der Waals surface area contributed by atoms with Crippen LogP contribution in [0.25, 0.3) is 22.1 Å². The summed E-state index contributed by atoms with van der Waals surface area (Å²) >= 11 is 1.50. The molecule has 6 aliphatic heterocycles. The van der Waals surface area contributed by atoms with Gasteiger partial charge in [-0.2, -0.15) is 0 Å². The van der Waals surface area contributed by atoms with Crippen LogP contribution >= 0.6 is 11.8 Å². The van der Waals surface area contributed by atoms with E-state index < -0.39 is 71.6 Å². The molecule has 32 nitrogen and oxygen atoms in total. The molecule has 632 valence electrons. The number of β-amino-alcohol motifs (C(OH)–C–C–N with tert-alkyl or cyclic N) is 4. The van der Waals surface area contributed by atoms with Gasteiger partial charge in [-0.05, 0) is 134 Å². The van der Waals surface area contributed by atoms with E-state index in [1.165, 1.54) is 16.7 Å². The molecule has 33 heteroatoms. The molecule has 5 aromatic heterocycles. The van der Waals surface area contributed by atoms with E-state index in [0.29, 0.717) is 82.3 Å². The Labute approximate surface area is 683 Å². The second-order valence-corrected chi connectivity index (χ2v) is 31.9. The van der Waals surface area contributed by atoms with Crippen molar-refractivity contribution >= 4 is 76.0 Å². The van der Waals surface area contributed by atoms with E-state index >= 15 is 0 Å². The Bertz CT molecular complexity index is 4340. The maximum absolute atomic E-state index is 12.1. The van der Waals surface area contributed by atoms with Crippen molar-refractivity contribution < 1.29 is 82.4 Å². The number of methoxy groups -OCH3 is 2. The molecule has 2 aromatic carbocycles. The average Bonchev–Trinajstić information content (AvgIpc) is 0.908. The van der Waals surface area contributed by atoms with E-state index in [1.54, 1.807) is 72.9 Å². The number of anilines is 1. The number of carbonyl (C=O) groups excluding carboxylic acids is 6. The summed E-state index contributed by atoms with van der Waals surface area (Å²) in [5.74, 6) is 2.16. The Morgan fingerprint density at radius 2 is 0.974 bits per heavy atom. The van der Waals surface area contributed by atoms with Crippen LogP contribution in [0, 0.1) is 0 Å². The lowest BCUT2D eigenvalue weighted by Gasteiger charge is -2.22. The molecule has 6 aliphatic rings. The number of pyridine rings is 5. The van der Waals surface area contributed by atoms with E-state index in [9.17, 15) is 49.2 Å². The maximum atomic E-state index is 12.1. The monoisotopic (exact) mass is 1630 g/mol. The number of hydrogen-bond donors (Lipinski definition) is 10. The number of nitrogens with one attached hydrogen (secondary N) is 6. The number of aliphatic hydroxyl groups excluding tert-OH is 4. The molecule has 0 spiro atoms. The van der Waals surface area contributed by atoms with Gasteiger partial charge in [-0.3, -0.25) is 24.6 Å². The number of amides is 6. The largest absolute Gasteiger partial charge is 0.481 e. The molecular weight excluding hydrogens is 1510 g/mol. The lowest BCUT2D eigenvalue weighted by atomic mass is 10.1. The van der Waals surface area contributed by atoms with Crippen molar-refractivity contribution in [1.82, 2.24) is 71.1 Å². The fourth-order valence-electron chi connectivity index (χ4n) is 12.6. The van der Waals surface area contributed by atoms with Crippen LogP contribution in [0.4, 0.5) is 29.8 Å². The minimum atomic E-state index is -0.859. The predicted molar refractivity (Wildman–Crippen MR) is 442 cm³/mol. The highest BCUT2D eigenvalue weighted by molar-refractivity contribution is 8.00. The molecule has 0 aliphatic carbocycles. The van der Waals surface area contributed by atoms with Gasteiger partial charge in [0.05, 0.1) is 102 Å². The van der Waals surface area contributed by atoms with Crippen molar-refractivity contribution in [3.05, 3.63) is 162 Å². The molecule has 10 N–H and O–H groups in total. The third-order valence-electron chi connectivity index (χ3n) is 18.2. The molecule has 4 fully saturated rings. The highest BCUT2D eigenvalue weighted by Crippen LogP contribution is 2.30.